The van der Waals surface area contributed by atoms with Gasteiger partial charge < -0.3 is 11.1 Å². The van der Waals surface area contributed by atoms with Gasteiger partial charge in [0.05, 0.1) is 0 Å². The number of nitrogens with one attached hydrogen (secondary N) is 1. The summed E-state index contributed by atoms with van der Waals surface area (Å²) in [7, 11) is 0. The third kappa shape index (κ3) is 1.93. The largest absolute Gasteiger partial charge is 0.330 e. The zero-order valence-corrected chi connectivity index (χ0v) is 9.63. The summed E-state index contributed by atoms with van der Waals surface area (Å²) in [6, 6.07) is 1.35. The quantitative estimate of drug-likeness (QED) is 0.690. The van der Waals surface area contributed by atoms with Gasteiger partial charge in [0.15, 0.2) is 0 Å². The normalized spacial score (nSPS) is 47.8. The lowest BCUT2D eigenvalue weighted by Crippen LogP contribution is -2.34. The van der Waals surface area contributed by atoms with Crippen LogP contribution in [-0.4, -0.2) is 24.0 Å². The molecule has 82 valence electrons. The van der Waals surface area contributed by atoms with Crippen LogP contribution in [0.1, 0.15) is 32.6 Å². The first-order valence-electron chi connectivity index (χ1n) is 5.82. The fourth-order valence-electron chi connectivity index (χ4n) is 3.32. The summed E-state index contributed by atoms with van der Waals surface area (Å²) in [5.41, 5.74) is 5.67. The number of rotatable bonds is 2. The number of hydrogen-bond donors (Lipinski definition) is 2. The molecule has 1 aliphatic heterocycles. The molecule has 3 heteroatoms. The highest BCUT2D eigenvalue weighted by Crippen LogP contribution is 2.40. The number of nitrogens with two attached hydrogens (primary N) is 1. The second-order valence-electron chi connectivity index (χ2n) is 4.88. The molecule has 0 aromatic carbocycles. The zero-order valence-electron chi connectivity index (χ0n) is 8.88. The average Bonchev–Trinajstić information content (AvgIpc) is 2.45. The van der Waals surface area contributed by atoms with E-state index in [-0.39, 0.29) is 0 Å². The maximum absolute atomic E-state index is 6.24. The van der Waals surface area contributed by atoms with E-state index in [4.69, 9.17) is 17.3 Å². The van der Waals surface area contributed by atoms with E-state index in [0.717, 1.165) is 30.8 Å². The zero-order chi connectivity index (χ0) is 10.1. The predicted octanol–water partition coefficient (Wildman–Crippen LogP) is 1.72. The molecule has 2 fully saturated rings. The van der Waals surface area contributed by atoms with Crippen molar-refractivity contribution in [1.29, 1.82) is 0 Å². The van der Waals surface area contributed by atoms with E-state index in [9.17, 15) is 0 Å². The van der Waals surface area contributed by atoms with E-state index in [1.165, 1.54) is 19.3 Å². The van der Waals surface area contributed by atoms with Gasteiger partial charge in [0.2, 0.25) is 0 Å². The second-order valence-corrected chi connectivity index (χ2v) is 5.49. The molecule has 14 heavy (non-hydrogen) atoms. The van der Waals surface area contributed by atoms with Gasteiger partial charge in [0, 0.05) is 17.5 Å². The van der Waals surface area contributed by atoms with Gasteiger partial charge in [-0.15, -0.1) is 11.6 Å². The lowest BCUT2D eigenvalue weighted by molar-refractivity contribution is 0.264. The van der Waals surface area contributed by atoms with Gasteiger partial charge in [-0.1, -0.05) is 0 Å². The minimum absolute atomic E-state index is 0.406. The summed E-state index contributed by atoms with van der Waals surface area (Å²) in [6.45, 7) is 3.11. The third-order valence-corrected chi connectivity index (χ3v) is 4.40. The van der Waals surface area contributed by atoms with Crippen molar-refractivity contribution >= 4 is 11.6 Å². The molecule has 0 aromatic rings. The van der Waals surface area contributed by atoms with Crippen molar-refractivity contribution in [3.05, 3.63) is 0 Å². The minimum atomic E-state index is 0.406. The van der Waals surface area contributed by atoms with Crippen molar-refractivity contribution in [3.8, 4) is 0 Å². The van der Waals surface area contributed by atoms with Gasteiger partial charge in [0.1, 0.15) is 0 Å². The van der Waals surface area contributed by atoms with Gasteiger partial charge >= 0.3 is 0 Å². The Hall–Kier alpha value is 0.210. The predicted molar refractivity (Wildman–Crippen MR) is 60.5 cm³/mol. The van der Waals surface area contributed by atoms with Crippen LogP contribution >= 0.6 is 11.6 Å². The fraction of sp³-hybridized carbons (Fsp3) is 1.00. The monoisotopic (exact) mass is 216 g/mol. The first kappa shape index (κ1) is 10.7. The Morgan fingerprint density at radius 1 is 1.43 bits per heavy atom. The van der Waals surface area contributed by atoms with Gasteiger partial charge in [-0.2, -0.15) is 0 Å². The van der Waals surface area contributed by atoms with Crippen LogP contribution in [0.15, 0.2) is 0 Å². The van der Waals surface area contributed by atoms with E-state index in [1.54, 1.807) is 0 Å². The highest BCUT2D eigenvalue weighted by Gasteiger charge is 2.42. The summed E-state index contributed by atoms with van der Waals surface area (Å²) in [5.74, 6) is 1.54. The lowest BCUT2D eigenvalue weighted by Gasteiger charge is -2.31. The van der Waals surface area contributed by atoms with Crippen molar-refractivity contribution < 1.29 is 0 Å². The first-order chi connectivity index (χ1) is 6.72. The van der Waals surface area contributed by atoms with E-state index < -0.39 is 0 Å². The number of fused-ring (bicyclic) bond motifs is 1. The van der Waals surface area contributed by atoms with E-state index in [1.807, 2.05) is 0 Å². The third-order valence-electron chi connectivity index (χ3n) is 4.00. The Kier molecular flexibility index (Phi) is 3.35. The molecule has 5 atom stereocenters. The van der Waals surface area contributed by atoms with Gasteiger partial charge in [-0.25, -0.2) is 0 Å². The molecule has 0 spiro atoms. The molecule has 3 N–H and O–H groups in total. The average molecular weight is 217 g/mol. The van der Waals surface area contributed by atoms with Crippen LogP contribution in [-0.2, 0) is 0 Å². The maximum Gasteiger partial charge on any atom is 0.0340 e. The number of halogens is 1. The molecular weight excluding hydrogens is 196 g/mol. The Labute approximate surface area is 91.6 Å². The molecule has 2 rings (SSSR count). The van der Waals surface area contributed by atoms with Crippen LogP contribution in [0.25, 0.3) is 0 Å². The first-order valence-corrected chi connectivity index (χ1v) is 6.26. The van der Waals surface area contributed by atoms with Crippen molar-refractivity contribution in [1.82, 2.24) is 5.32 Å². The van der Waals surface area contributed by atoms with Crippen LogP contribution in [0.3, 0.4) is 0 Å². The van der Waals surface area contributed by atoms with Crippen molar-refractivity contribution in [2.24, 2.45) is 17.6 Å². The second kappa shape index (κ2) is 4.38. The summed E-state index contributed by atoms with van der Waals surface area (Å²) < 4.78 is 0. The molecule has 0 radical (unpaired) electrons. The molecule has 0 amide bonds. The SMILES string of the molecule is CC1NC2CCC(Cl)CC2C1CCN. The summed E-state index contributed by atoms with van der Waals surface area (Å²) in [5, 5.41) is 4.10. The molecule has 1 heterocycles. The Morgan fingerprint density at radius 3 is 2.93 bits per heavy atom. The molecule has 2 nitrogen and oxygen atoms in total. The molecule has 5 unspecified atom stereocenters. The minimum Gasteiger partial charge on any atom is -0.330 e. The Bertz CT molecular complexity index is 198. The lowest BCUT2D eigenvalue weighted by atomic mass is 9.77. The smallest absolute Gasteiger partial charge is 0.0340 e. The summed E-state index contributed by atoms with van der Waals surface area (Å²) in [6.07, 6.45) is 4.77. The molecule has 1 saturated carbocycles. The van der Waals surface area contributed by atoms with Gasteiger partial charge in [-0.05, 0) is 51.0 Å². The van der Waals surface area contributed by atoms with Crippen LogP contribution in [0.5, 0.6) is 0 Å². The Balaban J connectivity index is 2.02. The van der Waals surface area contributed by atoms with E-state index in [2.05, 4.69) is 12.2 Å². The van der Waals surface area contributed by atoms with E-state index in [0.29, 0.717) is 11.4 Å². The van der Waals surface area contributed by atoms with Crippen LogP contribution in [0, 0.1) is 11.8 Å². The van der Waals surface area contributed by atoms with Crippen molar-refractivity contribution in [3.63, 3.8) is 0 Å². The summed E-state index contributed by atoms with van der Waals surface area (Å²) in [4.78, 5) is 0. The maximum atomic E-state index is 6.24. The van der Waals surface area contributed by atoms with Gasteiger partial charge in [0.25, 0.3) is 0 Å². The molecule has 0 aromatic heterocycles. The number of hydrogen-bond acceptors (Lipinski definition) is 2. The van der Waals surface area contributed by atoms with Gasteiger partial charge in [-0.3, -0.25) is 0 Å². The van der Waals surface area contributed by atoms with Crippen LogP contribution in [0.4, 0.5) is 0 Å². The molecule has 1 saturated heterocycles. The van der Waals surface area contributed by atoms with E-state index >= 15 is 0 Å². The molecular formula is C11H21ClN2. The Morgan fingerprint density at radius 2 is 2.21 bits per heavy atom. The molecule has 2 aliphatic rings. The van der Waals surface area contributed by atoms with Crippen LogP contribution in [0.2, 0.25) is 0 Å². The molecule has 0 bridgehead atoms. The topological polar surface area (TPSA) is 38.0 Å². The fourth-order valence-corrected chi connectivity index (χ4v) is 3.65. The summed E-state index contributed by atoms with van der Waals surface area (Å²) >= 11 is 6.24. The highest BCUT2D eigenvalue weighted by atomic mass is 35.5. The number of alkyl halides is 1. The van der Waals surface area contributed by atoms with Crippen LogP contribution < -0.4 is 11.1 Å². The highest BCUT2D eigenvalue weighted by molar-refractivity contribution is 6.20. The van der Waals surface area contributed by atoms with Crippen molar-refractivity contribution in [2.45, 2.75) is 50.1 Å². The molecule has 1 aliphatic carbocycles. The standard InChI is InChI=1S/C11H21ClN2/c1-7-9(4-5-13)10-6-8(12)2-3-11(10)14-7/h7-11,14H,2-6,13H2,1H3. The van der Waals surface area contributed by atoms with Crippen molar-refractivity contribution in [2.75, 3.05) is 6.54 Å².